The molecule has 1 aromatic rings. The van der Waals surface area contributed by atoms with Gasteiger partial charge >= 0.3 is 5.97 Å². The van der Waals surface area contributed by atoms with E-state index in [4.69, 9.17) is 4.74 Å². The second-order valence-electron chi connectivity index (χ2n) is 7.40. The molecule has 2 fully saturated rings. The van der Waals surface area contributed by atoms with Gasteiger partial charge in [0.25, 0.3) is 5.69 Å². The van der Waals surface area contributed by atoms with Crippen LogP contribution in [0.2, 0.25) is 0 Å². The second-order valence-corrected chi connectivity index (χ2v) is 7.40. The molecule has 118 valence electrons. The van der Waals surface area contributed by atoms with Gasteiger partial charge in [0, 0.05) is 17.5 Å². The number of benzene rings is 1. The van der Waals surface area contributed by atoms with E-state index in [0.29, 0.717) is 11.5 Å². The fourth-order valence-corrected chi connectivity index (χ4v) is 4.42. The Morgan fingerprint density at radius 3 is 2.32 bits per heavy atom. The van der Waals surface area contributed by atoms with Gasteiger partial charge in [0.2, 0.25) is 0 Å². The zero-order chi connectivity index (χ0) is 16.1. The highest BCUT2D eigenvalue weighted by atomic mass is 16.6. The van der Waals surface area contributed by atoms with Gasteiger partial charge in [-0.15, -0.1) is 0 Å². The summed E-state index contributed by atoms with van der Waals surface area (Å²) in [7, 11) is 0. The maximum atomic E-state index is 12.4. The van der Waals surface area contributed by atoms with E-state index in [9.17, 15) is 14.9 Å². The first kappa shape index (κ1) is 15.0. The number of hydrogen-bond donors (Lipinski definition) is 0. The van der Waals surface area contributed by atoms with E-state index in [1.54, 1.807) is 0 Å². The lowest BCUT2D eigenvalue weighted by atomic mass is 9.74. The number of rotatable bonds is 3. The number of esters is 1. The van der Waals surface area contributed by atoms with Gasteiger partial charge in [-0.25, -0.2) is 4.79 Å². The van der Waals surface area contributed by atoms with Crippen molar-refractivity contribution in [3.8, 4) is 0 Å². The molecule has 3 rings (SSSR count). The predicted octanol–water partition coefficient (Wildman–Crippen LogP) is 3.97. The van der Waals surface area contributed by atoms with Crippen molar-refractivity contribution in [2.45, 2.75) is 46.1 Å². The van der Waals surface area contributed by atoms with Crippen molar-refractivity contribution in [1.82, 2.24) is 0 Å². The molecular weight excluding hydrogens is 282 g/mol. The molecule has 5 nitrogen and oxygen atoms in total. The second kappa shape index (κ2) is 4.80. The first-order chi connectivity index (χ1) is 10.3. The summed E-state index contributed by atoms with van der Waals surface area (Å²) in [6, 6.07) is 5.60. The minimum atomic E-state index is -0.477. The SMILES string of the molecule is C[C@@H]1[C@H](OC(=O)c2ccc([N+](=O)[O-])cc2)[C@]2(C)CC[C@@]1(C)C2. The molecule has 1 aromatic carbocycles. The molecule has 22 heavy (non-hydrogen) atoms. The molecule has 4 atom stereocenters. The third-order valence-corrected chi connectivity index (χ3v) is 5.86. The van der Waals surface area contributed by atoms with E-state index in [1.165, 1.54) is 30.7 Å². The highest BCUT2D eigenvalue weighted by molar-refractivity contribution is 5.89. The summed E-state index contributed by atoms with van der Waals surface area (Å²) in [4.78, 5) is 22.5. The number of nitro benzene ring substituents is 1. The molecule has 0 radical (unpaired) electrons. The van der Waals surface area contributed by atoms with E-state index in [-0.39, 0.29) is 28.6 Å². The summed E-state index contributed by atoms with van der Waals surface area (Å²) in [5.41, 5.74) is 0.665. The first-order valence-electron chi connectivity index (χ1n) is 7.71. The number of carbonyl (C=O) groups is 1. The molecule has 0 heterocycles. The molecule has 2 aliphatic rings. The Balaban J connectivity index is 1.76. The number of ether oxygens (including phenoxy) is 1. The molecule has 0 N–H and O–H groups in total. The van der Waals surface area contributed by atoms with Crippen molar-refractivity contribution in [2.75, 3.05) is 0 Å². The predicted molar refractivity (Wildman–Crippen MR) is 81.5 cm³/mol. The molecule has 2 saturated carbocycles. The number of nitro groups is 1. The van der Waals surface area contributed by atoms with Crippen LogP contribution in [-0.4, -0.2) is 17.0 Å². The molecule has 2 bridgehead atoms. The van der Waals surface area contributed by atoms with E-state index in [0.717, 1.165) is 12.8 Å². The Bertz CT molecular complexity index is 626. The van der Waals surface area contributed by atoms with E-state index in [2.05, 4.69) is 20.8 Å². The summed E-state index contributed by atoms with van der Waals surface area (Å²) in [6.07, 6.45) is 3.30. The Morgan fingerprint density at radius 1 is 1.23 bits per heavy atom. The minimum Gasteiger partial charge on any atom is -0.458 e. The van der Waals surface area contributed by atoms with Crippen LogP contribution in [0.3, 0.4) is 0 Å². The van der Waals surface area contributed by atoms with Crippen LogP contribution in [0, 0.1) is 26.9 Å². The fraction of sp³-hybridized carbons (Fsp3) is 0.588. The van der Waals surface area contributed by atoms with Crippen molar-refractivity contribution in [3.05, 3.63) is 39.9 Å². The zero-order valence-electron chi connectivity index (χ0n) is 13.2. The highest BCUT2D eigenvalue weighted by Crippen LogP contribution is 2.64. The summed E-state index contributed by atoms with van der Waals surface area (Å²) in [5.74, 6) is -0.0441. The van der Waals surface area contributed by atoms with Gasteiger partial charge in [-0.05, 0) is 42.7 Å². The van der Waals surface area contributed by atoms with Crippen molar-refractivity contribution in [3.63, 3.8) is 0 Å². The van der Waals surface area contributed by atoms with Crippen LogP contribution >= 0.6 is 0 Å². The van der Waals surface area contributed by atoms with Crippen LogP contribution in [-0.2, 0) is 4.74 Å². The van der Waals surface area contributed by atoms with Gasteiger partial charge < -0.3 is 4.74 Å². The van der Waals surface area contributed by atoms with Crippen LogP contribution < -0.4 is 0 Å². The van der Waals surface area contributed by atoms with Crippen molar-refractivity contribution in [1.29, 1.82) is 0 Å². The summed E-state index contributed by atoms with van der Waals surface area (Å²) < 4.78 is 5.80. The Hall–Kier alpha value is -1.91. The molecule has 0 aliphatic heterocycles. The van der Waals surface area contributed by atoms with Gasteiger partial charge in [-0.1, -0.05) is 20.8 Å². The summed E-state index contributed by atoms with van der Waals surface area (Å²) in [6.45, 7) is 6.65. The molecule has 0 spiro atoms. The number of carbonyl (C=O) groups excluding carboxylic acids is 1. The number of hydrogen-bond acceptors (Lipinski definition) is 4. The molecule has 5 heteroatoms. The number of fused-ring (bicyclic) bond motifs is 2. The summed E-state index contributed by atoms with van der Waals surface area (Å²) in [5, 5.41) is 10.7. The van der Waals surface area contributed by atoms with Gasteiger partial charge in [-0.3, -0.25) is 10.1 Å². The number of nitrogens with zero attached hydrogens (tertiary/aromatic N) is 1. The lowest BCUT2D eigenvalue weighted by Crippen LogP contribution is -2.39. The van der Waals surface area contributed by atoms with Crippen LogP contribution in [0.5, 0.6) is 0 Å². The lowest BCUT2D eigenvalue weighted by Gasteiger charge is -2.37. The van der Waals surface area contributed by atoms with Crippen LogP contribution in [0.4, 0.5) is 5.69 Å². The number of non-ortho nitro benzene ring substituents is 1. The van der Waals surface area contributed by atoms with Crippen LogP contribution in [0.1, 0.15) is 50.4 Å². The normalized spacial score (nSPS) is 36.3. The Morgan fingerprint density at radius 2 is 1.82 bits per heavy atom. The minimum absolute atomic E-state index is 0.0238. The van der Waals surface area contributed by atoms with Gasteiger partial charge in [-0.2, -0.15) is 0 Å². The average Bonchev–Trinajstić information content (AvgIpc) is 2.89. The standard InChI is InChI=1S/C17H21NO4/c1-11-14(17(3)9-8-16(11,2)10-17)22-15(19)12-4-6-13(7-5-12)18(20)21/h4-7,11,14H,8-10H2,1-3H3/t11-,14+,16+,17-/m1/s1. The molecule has 0 saturated heterocycles. The third-order valence-electron chi connectivity index (χ3n) is 5.86. The van der Waals surface area contributed by atoms with Gasteiger partial charge in [0.15, 0.2) is 0 Å². The Kier molecular flexibility index (Phi) is 3.27. The van der Waals surface area contributed by atoms with E-state index < -0.39 is 4.92 Å². The van der Waals surface area contributed by atoms with Gasteiger partial charge in [0.05, 0.1) is 10.5 Å². The molecular formula is C17H21NO4. The third kappa shape index (κ3) is 2.19. The molecule has 2 aliphatic carbocycles. The monoisotopic (exact) mass is 303 g/mol. The lowest BCUT2D eigenvalue weighted by molar-refractivity contribution is -0.384. The fourth-order valence-electron chi connectivity index (χ4n) is 4.42. The molecule has 0 aromatic heterocycles. The van der Waals surface area contributed by atoms with Crippen LogP contribution in [0.25, 0.3) is 0 Å². The average molecular weight is 303 g/mol. The zero-order valence-corrected chi connectivity index (χ0v) is 13.2. The van der Waals surface area contributed by atoms with Crippen molar-refractivity contribution < 1.29 is 14.5 Å². The topological polar surface area (TPSA) is 69.4 Å². The molecule has 0 amide bonds. The van der Waals surface area contributed by atoms with E-state index >= 15 is 0 Å². The largest absolute Gasteiger partial charge is 0.458 e. The molecule has 0 unspecified atom stereocenters. The quantitative estimate of drug-likeness (QED) is 0.481. The summed E-state index contributed by atoms with van der Waals surface area (Å²) >= 11 is 0. The smallest absolute Gasteiger partial charge is 0.338 e. The van der Waals surface area contributed by atoms with Crippen molar-refractivity contribution >= 4 is 11.7 Å². The maximum Gasteiger partial charge on any atom is 0.338 e. The first-order valence-corrected chi connectivity index (χ1v) is 7.71. The van der Waals surface area contributed by atoms with E-state index in [1.807, 2.05) is 0 Å². The van der Waals surface area contributed by atoms with Gasteiger partial charge in [0.1, 0.15) is 6.10 Å². The Labute approximate surface area is 129 Å². The highest BCUT2D eigenvalue weighted by Gasteiger charge is 2.61. The van der Waals surface area contributed by atoms with Crippen molar-refractivity contribution in [2.24, 2.45) is 16.7 Å². The maximum absolute atomic E-state index is 12.4. The van der Waals surface area contributed by atoms with Crippen LogP contribution in [0.15, 0.2) is 24.3 Å².